The first-order chi connectivity index (χ1) is 23.1. The molecule has 0 radical (unpaired) electrons. The van der Waals surface area contributed by atoms with Gasteiger partial charge in [-0.1, -0.05) is 56.3 Å². The van der Waals surface area contributed by atoms with Crippen LogP contribution < -0.4 is 26.0 Å². The number of phenolic OH excluding ortho intramolecular Hbond substituents is 1. The highest BCUT2D eigenvalue weighted by Gasteiger charge is 2.30. The predicted molar refractivity (Wildman–Crippen MR) is 178 cm³/mol. The second-order valence-electron chi connectivity index (χ2n) is 11.9. The Kier molecular flexibility index (Phi) is 10.6. The fourth-order valence-electron chi connectivity index (χ4n) is 5.16. The van der Waals surface area contributed by atoms with Crippen molar-refractivity contribution in [3.63, 3.8) is 0 Å². The second-order valence-corrected chi connectivity index (χ2v) is 11.9. The minimum absolute atomic E-state index is 0.0706. The van der Waals surface area contributed by atoms with Crippen molar-refractivity contribution in [2.45, 2.75) is 51.7 Å². The van der Waals surface area contributed by atoms with E-state index in [1.807, 2.05) is 36.4 Å². The largest absolute Gasteiger partial charge is 0.507 e. The number of hydrogen-bond acceptors (Lipinski definition) is 8. The van der Waals surface area contributed by atoms with Crippen molar-refractivity contribution in [3.8, 4) is 28.5 Å². The number of benzene rings is 3. The van der Waals surface area contributed by atoms with Gasteiger partial charge in [0.2, 0.25) is 17.7 Å². The van der Waals surface area contributed by atoms with Gasteiger partial charge in [-0.15, -0.1) is 0 Å². The van der Waals surface area contributed by atoms with Crippen LogP contribution in [-0.2, 0) is 27.2 Å². The fourth-order valence-corrected chi connectivity index (χ4v) is 5.16. The summed E-state index contributed by atoms with van der Waals surface area (Å²) in [6, 6.07) is 19.7. The zero-order valence-electron chi connectivity index (χ0n) is 26.9. The number of carbonyl (C=O) groups excluding carboxylic acids is 4. The van der Waals surface area contributed by atoms with Crippen LogP contribution in [0.4, 0.5) is 0 Å². The summed E-state index contributed by atoms with van der Waals surface area (Å²) in [7, 11) is 0. The maximum Gasteiger partial charge on any atom is 0.255 e. The Hall–Kier alpha value is -5.78. The summed E-state index contributed by atoms with van der Waals surface area (Å²) < 4.78 is 5.92. The molecule has 2 aliphatic rings. The third-order valence-corrected chi connectivity index (χ3v) is 7.86. The van der Waals surface area contributed by atoms with Crippen LogP contribution in [-0.4, -0.2) is 63.4 Å². The lowest BCUT2D eigenvalue weighted by Crippen LogP contribution is -2.57. The SMILES string of the molecule is CC(C)[C@@H]1NC(=O)c2cc(ccc2O)Oc2ccc(cc2)C[C@@H](C(=O)NCCc2nccc(-c3ccccc3)n2)NC(=O)[C@H](C)NC1=O. The van der Waals surface area contributed by atoms with Crippen LogP contribution in [0.25, 0.3) is 11.3 Å². The van der Waals surface area contributed by atoms with E-state index < -0.39 is 41.8 Å². The number of fused-ring (bicyclic) bond motifs is 11. The second kappa shape index (κ2) is 15.2. The fraction of sp³-hybridized carbons (Fsp3) is 0.278. The highest BCUT2D eigenvalue weighted by molar-refractivity contribution is 6.00. The lowest BCUT2D eigenvalue weighted by Gasteiger charge is -2.25. The first-order valence-electron chi connectivity index (χ1n) is 15.7. The number of phenols is 1. The molecule has 0 unspecified atom stereocenters. The summed E-state index contributed by atoms with van der Waals surface area (Å²) in [6.07, 6.45) is 2.20. The number of aromatic nitrogens is 2. The van der Waals surface area contributed by atoms with Crippen molar-refractivity contribution >= 4 is 23.6 Å². The Bertz CT molecular complexity index is 1780. The Morgan fingerprint density at radius 3 is 2.40 bits per heavy atom. The Morgan fingerprint density at radius 1 is 0.938 bits per heavy atom. The standard InChI is InChI=1S/C36H38N6O6/c1-21(2)32-36(47)39-22(3)33(44)41-29(35(46)38-18-16-31-37-17-15-28(40-31)24-7-5-4-6-8-24)19-23-9-11-25(12-10-23)48-26-13-14-30(43)27(20-26)34(45)42-32/h4-15,17,20-22,29,32,43H,16,18-19H2,1-3H3,(H,38,46)(H,39,47)(H,41,44)(H,42,45)/t22-,29-,32-/m0/s1. The van der Waals surface area contributed by atoms with Crippen LogP contribution in [0.3, 0.4) is 0 Å². The predicted octanol–water partition coefficient (Wildman–Crippen LogP) is 3.30. The molecular weight excluding hydrogens is 612 g/mol. The average molecular weight is 651 g/mol. The lowest BCUT2D eigenvalue weighted by molar-refractivity contribution is -0.132. The zero-order valence-corrected chi connectivity index (χ0v) is 26.9. The third kappa shape index (κ3) is 8.52. The number of carbonyl (C=O) groups is 4. The minimum atomic E-state index is -1.04. The summed E-state index contributed by atoms with van der Waals surface area (Å²) in [6.45, 7) is 5.21. The van der Waals surface area contributed by atoms with E-state index >= 15 is 0 Å². The topological polar surface area (TPSA) is 172 Å². The van der Waals surface area contributed by atoms with Gasteiger partial charge in [0.1, 0.15) is 41.2 Å². The normalized spacial score (nSPS) is 18.5. The molecule has 48 heavy (non-hydrogen) atoms. The number of ether oxygens (including phenoxy) is 1. The zero-order chi connectivity index (χ0) is 34.2. The van der Waals surface area contributed by atoms with E-state index in [2.05, 4.69) is 31.2 Å². The van der Waals surface area contributed by atoms with Gasteiger partial charge >= 0.3 is 0 Å². The molecule has 248 valence electrons. The Labute approximate surface area is 278 Å². The van der Waals surface area contributed by atoms with Crippen molar-refractivity contribution in [1.29, 1.82) is 0 Å². The molecule has 0 saturated heterocycles. The summed E-state index contributed by atoms with van der Waals surface area (Å²) >= 11 is 0. The number of rotatable bonds is 6. The van der Waals surface area contributed by atoms with Crippen LogP contribution in [0.2, 0.25) is 0 Å². The van der Waals surface area contributed by atoms with Gasteiger partial charge in [-0.05, 0) is 54.8 Å². The highest BCUT2D eigenvalue weighted by Crippen LogP contribution is 2.28. The number of hydrogen-bond donors (Lipinski definition) is 5. The van der Waals surface area contributed by atoms with E-state index in [0.29, 0.717) is 23.7 Å². The molecule has 12 nitrogen and oxygen atoms in total. The molecule has 4 bridgehead atoms. The lowest BCUT2D eigenvalue weighted by atomic mass is 10.0. The van der Waals surface area contributed by atoms with Gasteiger partial charge in [0.05, 0.1) is 11.3 Å². The number of aromatic hydroxyl groups is 1. The molecule has 3 aromatic carbocycles. The Morgan fingerprint density at radius 2 is 1.67 bits per heavy atom. The van der Waals surface area contributed by atoms with Gasteiger partial charge in [0.15, 0.2) is 0 Å². The van der Waals surface area contributed by atoms with Gasteiger partial charge in [-0.2, -0.15) is 0 Å². The minimum Gasteiger partial charge on any atom is -0.507 e. The summed E-state index contributed by atoms with van der Waals surface area (Å²) in [5.41, 5.74) is 2.40. The summed E-state index contributed by atoms with van der Waals surface area (Å²) in [4.78, 5) is 62.2. The van der Waals surface area contributed by atoms with E-state index in [1.165, 1.54) is 25.1 Å². The average Bonchev–Trinajstić information content (AvgIpc) is 3.08. The van der Waals surface area contributed by atoms with Gasteiger partial charge in [0.25, 0.3) is 5.91 Å². The van der Waals surface area contributed by atoms with Crippen LogP contribution >= 0.6 is 0 Å². The molecule has 2 aliphatic heterocycles. The molecule has 0 fully saturated rings. The van der Waals surface area contributed by atoms with Crippen LogP contribution in [0.1, 0.15) is 42.5 Å². The molecule has 0 aliphatic carbocycles. The van der Waals surface area contributed by atoms with Crippen molar-refractivity contribution in [1.82, 2.24) is 31.2 Å². The molecule has 3 heterocycles. The first kappa shape index (κ1) is 33.6. The van der Waals surface area contributed by atoms with Gasteiger partial charge in [-0.25, -0.2) is 9.97 Å². The van der Waals surface area contributed by atoms with E-state index in [0.717, 1.165) is 16.8 Å². The van der Waals surface area contributed by atoms with Crippen molar-refractivity contribution in [2.24, 2.45) is 5.92 Å². The Balaban J connectivity index is 1.35. The van der Waals surface area contributed by atoms with E-state index in [-0.39, 0.29) is 30.2 Å². The van der Waals surface area contributed by atoms with Crippen molar-refractivity contribution in [3.05, 3.63) is 102 Å². The molecule has 12 heteroatoms. The van der Waals surface area contributed by atoms with E-state index in [1.54, 1.807) is 44.3 Å². The molecule has 1 aromatic heterocycles. The smallest absolute Gasteiger partial charge is 0.255 e. The summed E-state index contributed by atoms with van der Waals surface area (Å²) in [5, 5.41) is 21.3. The molecular formula is C36H38N6O6. The third-order valence-electron chi connectivity index (χ3n) is 7.86. The number of nitrogens with zero attached hydrogens (tertiary/aromatic N) is 2. The molecule has 5 N–H and O–H groups in total. The van der Waals surface area contributed by atoms with Crippen LogP contribution in [0, 0.1) is 5.92 Å². The maximum absolute atomic E-state index is 13.5. The highest BCUT2D eigenvalue weighted by atomic mass is 16.5. The number of nitrogens with one attached hydrogen (secondary N) is 4. The van der Waals surface area contributed by atoms with Crippen molar-refractivity contribution < 1.29 is 29.0 Å². The summed E-state index contributed by atoms with van der Waals surface area (Å²) in [5.74, 6) is -1.60. The van der Waals surface area contributed by atoms with E-state index in [4.69, 9.17) is 4.74 Å². The molecule has 6 rings (SSSR count). The number of amides is 4. The first-order valence-corrected chi connectivity index (χ1v) is 15.7. The quantitative estimate of drug-likeness (QED) is 0.198. The molecule has 3 atom stereocenters. The van der Waals surface area contributed by atoms with Gasteiger partial charge in [0, 0.05) is 31.1 Å². The van der Waals surface area contributed by atoms with Gasteiger partial charge in [-0.3, -0.25) is 19.2 Å². The maximum atomic E-state index is 13.5. The van der Waals surface area contributed by atoms with Crippen LogP contribution in [0.5, 0.6) is 17.2 Å². The van der Waals surface area contributed by atoms with Crippen molar-refractivity contribution in [2.75, 3.05) is 6.54 Å². The molecule has 4 aromatic rings. The molecule has 0 saturated carbocycles. The van der Waals surface area contributed by atoms with E-state index in [9.17, 15) is 24.3 Å². The van der Waals surface area contributed by atoms with Crippen LogP contribution in [0.15, 0.2) is 85.1 Å². The molecule has 4 amide bonds. The molecule has 0 spiro atoms. The monoisotopic (exact) mass is 650 g/mol. The van der Waals surface area contributed by atoms with Gasteiger partial charge < -0.3 is 31.1 Å².